The molecule has 0 aliphatic heterocycles. The summed E-state index contributed by atoms with van der Waals surface area (Å²) in [5.74, 6) is 0.863. The molecule has 3 fully saturated rings. The molecule has 1 atom stereocenters. The molecule has 3 aliphatic carbocycles. The van der Waals surface area contributed by atoms with E-state index in [9.17, 15) is 9.90 Å². The van der Waals surface area contributed by atoms with E-state index < -0.39 is 6.10 Å². The highest BCUT2D eigenvalue weighted by Gasteiger charge is 2.58. The molecule has 1 aromatic carbocycles. The first-order valence-electron chi connectivity index (χ1n) is 8.27. The fourth-order valence-corrected chi connectivity index (χ4v) is 4.17. The van der Waals surface area contributed by atoms with Gasteiger partial charge in [-0.3, -0.25) is 4.79 Å². The molecule has 1 unspecified atom stereocenters. The molecule has 1 N–H and O–H groups in total. The van der Waals surface area contributed by atoms with Gasteiger partial charge in [0.25, 0.3) is 5.56 Å². The van der Waals surface area contributed by atoms with Crippen LogP contribution in [0, 0.1) is 5.92 Å². The molecule has 24 heavy (non-hydrogen) atoms. The van der Waals surface area contributed by atoms with E-state index in [0.717, 1.165) is 22.4 Å². The second-order valence-electron chi connectivity index (χ2n) is 7.20. The van der Waals surface area contributed by atoms with Crippen LogP contribution in [0.1, 0.15) is 36.6 Å². The van der Waals surface area contributed by atoms with Crippen LogP contribution in [0.5, 0.6) is 0 Å². The van der Waals surface area contributed by atoms with Crippen molar-refractivity contribution in [3.8, 4) is 0 Å². The van der Waals surface area contributed by atoms with Crippen molar-refractivity contribution in [3.05, 3.63) is 58.1 Å². The van der Waals surface area contributed by atoms with Crippen LogP contribution in [0.3, 0.4) is 0 Å². The van der Waals surface area contributed by atoms with Gasteiger partial charge in [-0.25, -0.2) is 4.68 Å². The minimum absolute atomic E-state index is 0.0660. The molecular formula is C18H18N4O2. The van der Waals surface area contributed by atoms with Crippen molar-refractivity contribution in [2.45, 2.75) is 30.9 Å². The maximum absolute atomic E-state index is 11.8. The molecule has 0 spiro atoms. The molecule has 2 heterocycles. The molecule has 0 radical (unpaired) electrons. The van der Waals surface area contributed by atoms with Gasteiger partial charge in [-0.15, -0.1) is 5.10 Å². The molecular weight excluding hydrogens is 304 g/mol. The number of rotatable bonds is 3. The van der Waals surface area contributed by atoms with E-state index >= 15 is 0 Å². The third-order valence-electron chi connectivity index (χ3n) is 5.78. The molecule has 6 heteroatoms. The van der Waals surface area contributed by atoms with Crippen LogP contribution in [-0.2, 0) is 12.6 Å². The maximum Gasteiger partial charge on any atom is 0.250 e. The van der Waals surface area contributed by atoms with Gasteiger partial charge in [0, 0.05) is 18.5 Å². The Bertz CT molecular complexity index is 1000. The summed E-state index contributed by atoms with van der Waals surface area (Å²) in [5.41, 5.74) is 2.20. The molecule has 3 saturated carbocycles. The number of pyridine rings is 1. The Labute approximate surface area is 138 Å². The quantitative estimate of drug-likeness (QED) is 0.797. The van der Waals surface area contributed by atoms with Crippen LogP contribution >= 0.6 is 0 Å². The minimum Gasteiger partial charge on any atom is -0.382 e. The Balaban J connectivity index is 1.57. The molecule has 2 bridgehead atoms. The van der Waals surface area contributed by atoms with E-state index in [1.54, 1.807) is 17.7 Å². The Hall–Kier alpha value is -2.47. The Morgan fingerprint density at radius 1 is 1.25 bits per heavy atom. The normalized spacial score (nSPS) is 26.0. The van der Waals surface area contributed by atoms with Crippen molar-refractivity contribution in [2.24, 2.45) is 13.0 Å². The predicted molar refractivity (Wildman–Crippen MR) is 88.6 cm³/mol. The first kappa shape index (κ1) is 13.9. The van der Waals surface area contributed by atoms with E-state index in [-0.39, 0.29) is 11.1 Å². The van der Waals surface area contributed by atoms with E-state index in [2.05, 4.69) is 10.3 Å². The zero-order valence-corrected chi connectivity index (χ0v) is 13.4. The number of aryl methyl sites for hydroxylation is 1. The first-order chi connectivity index (χ1) is 11.6. The van der Waals surface area contributed by atoms with E-state index in [1.807, 2.05) is 29.1 Å². The number of aliphatic hydroxyl groups is 1. The van der Waals surface area contributed by atoms with Crippen molar-refractivity contribution in [1.29, 1.82) is 0 Å². The summed E-state index contributed by atoms with van der Waals surface area (Å²) < 4.78 is 3.52. The molecule has 2 aromatic heterocycles. The van der Waals surface area contributed by atoms with Crippen LogP contribution in [0.4, 0.5) is 0 Å². The van der Waals surface area contributed by atoms with Gasteiger partial charge < -0.3 is 9.67 Å². The monoisotopic (exact) mass is 322 g/mol. The lowest BCUT2D eigenvalue weighted by molar-refractivity contribution is -0.0989. The lowest BCUT2D eigenvalue weighted by atomic mass is 9.50. The van der Waals surface area contributed by atoms with Gasteiger partial charge in [0.2, 0.25) is 0 Å². The molecule has 6 rings (SSSR count). The lowest BCUT2D eigenvalue weighted by Crippen LogP contribution is -2.59. The van der Waals surface area contributed by atoms with Crippen molar-refractivity contribution >= 4 is 10.9 Å². The van der Waals surface area contributed by atoms with Gasteiger partial charge in [-0.1, -0.05) is 17.3 Å². The number of nitrogens with zero attached hydrogens (tertiary/aromatic N) is 4. The maximum atomic E-state index is 11.8. The molecule has 0 amide bonds. The summed E-state index contributed by atoms with van der Waals surface area (Å²) in [7, 11) is 1.74. The van der Waals surface area contributed by atoms with E-state index in [0.29, 0.717) is 5.69 Å². The van der Waals surface area contributed by atoms with Gasteiger partial charge in [0.15, 0.2) is 0 Å². The highest BCUT2D eigenvalue weighted by atomic mass is 16.3. The van der Waals surface area contributed by atoms with Crippen LogP contribution in [-0.4, -0.2) is 24.7 Å². The molecule has 3 aliphatic rings. The standard InChI is InChI=1S/C18H18N4O2/c1-21-15-4-2-3-13(12(15)5-6-16(21)23)17(24)14-10-22(20-19-14)18-7-11(8-18)9-18/h2-6,10-11,17,24H,7-9H2,1H3. The fourth-order valence-electron chi connectivity index (χ4n) is 4.17. The number of aliphatic hydroxyl groups excluding tert-OH is 1. The highest BCUT2D eigenvalue weighted by molar-refractivity contribution is 5.83. The number of benzene rings is 1. The van der Waals surface area contributed by atoms with Crippen molar-refractivity contribution < 1.29 is 5.11 Å². The molecule has 122 valence electrons. The average Bonchev–Trinajstić information content (AvgIpc) is 2.96. The Morgan fingerprint density at radius 3 is 2.75 bits per heavy atom. The summed E-state index contributed by atoms with van der Waals surface area (Å²) in [6.45, 7) is 0. The number of hydrogen-bond acceptors (Lipinski definition) is 4. The second-order valence-corrected chi connectivity index (χ2v) is 7.20. The highest BCUT2D eigenvalue weighted by Crippen LogP contribution is 2.61. The third-order valence-corrected chi connectivity index (χ3v) is 5.78. The first-order valence-corrected chi connectivity index (χ1v) is 8.27. The Kier molecular flexibility index (Phi) is 2.63. The lowest BCUT2D eigenvalue weighted by Gasteiger charge is -2.61. The van der Waals surface area contributed by atoms with Crippen molar-refractivity contribution in [3.63, 3.8) is 0 Å². The minimum atomic E-state index is -0.854. The zero-order valence-electron chi connectivity index (χ0n) is 13.4. The summed E-state index contributed by atoms with van der Waals surface area (Å²) in [6.07, 6.45) is 4.57. The fraction of sp³-hybridized carbons (Fsp3) is 0.389. The Morgan fingerprint density at radius 2 is 2.04 bits per heavy atom. The van der Waals surface area contributed by atoms with Crippen molar-refractivity contribution in [2.75, 3.05) is 0 Å². The number of hydrogen-bond donors (Lipinski definition) is 1. The SMILES string of the molecule is Cn1c(=O)ccc2c(C(O)c3cn(C45CC(C4)C5)nn3)cccc21. The summed E-state index contributed by atoms with van der Waals surface area (Å²) in [4.78, 5) is 11.8. The third kappa shape index (κ3) is 1.72. The molecule has 3 aromatic rings. The largest absolute Gasteiger partial charge is 0.382 e. The van der Waals surface area contributed by atoms with Crippen LogP contribution in [0.15, 0.2) is 41.3 Å². The van der Waals surface area contributed by atoms with Crippen LogP contribution in [0.2, 0.25) is 0 Å². The zero-order chi connectivity index (χ0) is 16.5. The summed E-state index contributed by atoms with van der Waals surface area (Å²) in [6, 6.07) is 8.90. The molecule has 0 saturated heterocycles. The summed E-state index contributed by atoms with van der Waals surface area (Å²) in [5, 5.41) is 20.1. The summed E-state index contributed by atoms with van der Waals surface area (Å²) >= 11 is 0. The van der Waals surface area contributed by atoms with Gasteiger partial charge in [-0.2, -0.15) is 0 Å². The van der Waals surface area contributed by atoms with E-state index in [1.165, 1.54) is 25.3 Å². The van der Waals surface area contributed by atoms with Crippen molar-refractivity contribution in [1.82, 2.24) is 19.6 Å². The van der Waals surface area contributed by atoms with Gasteiger partial charge in [-0.05, 0) is 42.9 Å². The number of aromatic nitrogens is 4. The van der Waals surface area contributed by atoms with Gasteiger partial charge >= 0.3 is 0 Å². The average molecular weight is 322 g/mol. The smallest absolute Gasteiger partial charge is 0.250 e. The van der Waals surface area contributed by atoms with Crippen LogP contribution < -0.4 is 5.56 Å². The van der Waals surface area contributed by atoms with Gasteiger partial charge in [0.1, 0.15) is 11.8 Å². The second kappa shape index (κ2) is 4.54. The predicted octanol–water partition coefficient (Wildman–Crippen LogP) is 1.72. The number of fused-ring (bicyclic) bond motifs is 1. The topological polar surface area (TPSA) is 72.9 Å². The van der Waals surface area contributed by atoms with Gasteiger partial charge in [0.05, 0.1) is 17.3 Å². The molecule has 6 nitrogen and oxygen atoms in total. The van der Waals surface area contributed by atoms with E-state index in [4.69, 9.17) is 0 Å². The van der Waals surface area contributed by atoms with Crippen LogP contribution in [0.25, 0.3) is 10.9 Å².